The average Bonchev–Trinajstić information content (AvgIpc) is 3.30. The van der Waals surface area contributed by atoms with E-state index in [9.17, 15) is 22.4 Å². The summed E-state index contributed by atoms with van der Waals surface area (Å²) in [6.45, 7) is 0.829. The minimum absolute atomic E-state index is 0.0255. The van der Waals surface area contributed by atoms with Gasteiger partial charge in [0.2, 0.25) is 0 Å². The van der Waals surface area contributed by atoms with Crippen LogP contribution in [-0.4, -0.2) is 38.3 Å². The summed E-state index contributed by atoms with van der Waals surface area (Å²) in [6.07, 6.45) is 7.16. The van der Waals surface area contributed by atoms with Gasteiger partial charge in [0, 0.05) is 6.42 Å². The predicted octanol–water partition coefficient (Wildman–Crippen LogP) is 4.15. The van der Waals surface area contributed by atoms with Crippen LogP contribution in [0.1, 0.15) is 54.4 Å². The highest BCUT2D eigenvalue weighted by molar-refractivity contribution is 7.92. The Labute approximate surface area is 194 Å². The van der Waals surface area contributed by atoms with Gasteiger partial charge in [-0.15, -0.1) is 0 Å². The summed E-state index contributed by atoms with van der Waals surface area (Å²) in [5.74, 6) is -1.44. The maximum absolute atomic E-state index is 14.7. The third kappa shape index (κ3) is 5.58. The number of ketones is 2. The van der Waals surface area contributed by atoms with Crippen molar-refractivity contribution in [1.29, 1.82) is 0 Å². The van der Waals surface area contributed by atoms with Gasteiger partial charge < -0.3 is 5.32 Å². The van der Waals surface area contributed by atoms with Crippen LogP contribution in [0.4, 0.5) is 4.39 Å². The Balaban J connectivity index is 1.42. The zero-order valence-electron chi connectivity index (χ0n) is 18.6. The number of benzene rings is 2. The first-order valence-corrected chi connectivity index (χ1v) is 13.4. The largest absolute Gasteiger partial charge is 0.307 e. The summed E-state index contributed by atoms with van der Waals surface area (Å²) in [6, 6.07) is 11.5. The third-order valence-electron chi connectivity index (χ3n) is 7.01. The lowest BCUT2D eigenvalue weighted by molar-refractivity contribution is -0.121. The van der Waals surface area contributed by atoms with Crippen molar-refractivity contribution in [2.75, 3.05) is 12.3 Å². The number of nitrogens with one attached hydrogen (secondary N) is 1. The topological polar surface area (TPSA) is 80.3 Å². The minimum Gasteiger partial charge on any atom is -0.307 e. The van der Waals surface area contributed by atoms with Gasteiger partial charge >= 0.3 is 0 Å². The minimum atomic E-state index is -3.86. The second kappa shape index (κ2) is 10.3. The normalized spacial score (nSPS) is 21.7. The molecule has 176 valence electrons. The molecule has 2 aliphatic rings. The molecule has 0 aromatic heterocycles. The van der Waals surface area contributed by atoms with Gasteiger partial charge in [0.25, 0.3) is 0 Å². The molecule has 1 aliphatic heterocycles. The molecule has 0 unspecified atom stereocenters. The van der Waals surface area contributed by atoms with Crippen molar-refractivity contribution in [3.05, 3.63) is 65.5 Å². The van der Waals surface area contributed by atoms with E-state index in [4.69, 9.17) is 0 Å². The highest BCUT2D eigenvalue weighted by Gasteiger charge is 2.37. The number of sulfone groups is 1. The first-order chi connectivity index (χ1) is 15.8. The van der Waals surface area contributed by atoms with E-state index in [1.54, 1.807) is 24.3 Å². The predicted molar refractivity (Wildman–Crippen MR) is 124 cm³/mol. The highest BCUT2D eigenvalue weighted by atomic mass is 32.2. The molecule has 2 aromatic carbocycles. The van der Waals surface area contributed by atoms with Crippen LogP contribution in [0.2, 0.25) is 0 Å². The molecule has 1 saturated carbocycles. The molecule has 0 amide bonds. The fourth-order valence-corrected chi connectivity index (χ4v) is 6.55. The van der Waals surface area contributed by atoms with Crippen molar-refractivity contribution < 1.29 is 22.4 Å². The van der Waals surface area contributed by atoms with Gasteiger partial charge in [-0.05, 0) is 54.6 Å². The van der Waals surface area contributed by atoms with E-state index < -0.39 is 27.2 Å². The van der Waals surface area contributed by atoms with Crippen molar-refractivity contribution in [1.82, 2.24) is 5.32 Å². The third-order valence-corrected chi connectivity index (χ3v) is 8.64. The van der Waals surface area contributed by atoms with Crippen LogP contribution in [0.3, 0.4) is 0 Å². The number of hydrogen-bond acceptors (Lipinski definition) is 5. The number of rotatable bonds is 8. The Morgan fingerprint density at radius 3 is 2.39 bits per heavy atom. The molecule has 0 spiro atoms. The molecule has 1 aliphatic carbocycles. The van der Waals surface area contributed by atoms with Gasteiger partial charge in [0.05, 0.1) is 16.5 Å². The van der Waals surface area contributed by atoms with Crippen LogP contribution < -0.4 is 5.32 Å². The first kappa shape index (κ1) is 23.8. The first-order valence-electron chi connectivity index (χ1n) is 11.7. The number of carbonyl (C=O) groups excluding carboxylic acids is 2. The molecule has 0 bridgehead atoms. The van der Waals surface area contributed by atoms with E-state index in [-0.39, 0.29) is 28.7 Å². The van der Waals surface area contributed by atoms with E-state index in [1.165, 1.54) is 56.4 Å². The zero-order valence-corrected chi connectivity index (χ0v) is 19.5. The number of hydrogen-bond donors (Lipinski definition) is 1. The summed E-state index contributed by atoms with van der Waals surface area (Å²) in [4.78, 5) is 25.6. The van der Waals surface area contributed by atoms with Gasteiger partial charge in [-0.1, -0.05) is 56.4 Å². The summed E-state index contributed by atoms with van der Waals surface area (Å²) in [7, 11) is -3.86. The molecular weight excluding hydrogens is 441 g/mol. The molecule has 7 heteroatoms. The smallest absolute Gasteiger partial charge is 0.185 e. The van der Waals surface area contributed by atoms with Gasteiger partial charge in [-0.2, -0.15) is 0 Å². The van der Waals surface area contributed by atoms with Crippen LogP contribution in [0.5, 0.6) is 0 Å². The second-order valence-corrected chi connectivity index (χ2v) is 11.2. The van der Waals surface area contributed by atoms with Crippen LogP contribution in [0, 0.1) is 17.7 Å². The molecular formula is C26H30FNO4S. The van der Waals surface area contributed by atoms with E-state index in [2.05, 4.69) is 5.32 Å². The van der Waals surface area contributed by atoms with E-state index in [1.807, 2.05) is 0 Å². The van der Waals surface area contributed by atoms with Crippen molar-refractivity contribution in [3.8, 4) is 0 Å². The van der Waals surface area contributed by atoms with Crippen molar-refractivity contribution in [3.63, 3.8) is 0 Å². The molecule has 33 heavy (non-hydrogen) atoms. The lowest BCUT2D eigenvalue weighted by Crippen LogP contribution is -2.40. The van der Waals surface area contributed by atoms with E-state index in [0.29, 0.717) is 17.4 Å². The molecule has 1 N–H and O–H groups in total. The van der Waals surface area contributed by atoms with E-state index >= 15 is 0 Å². The zero-order chi connectivity index (χ0) is 23.4. The highest BCUT2D eigenvalue weighted by Crippen LogP contribution is 2.36. The molecule has 0 radical (unpaired) electrons. The SMILES string of the molecule is O=C(CS(=O)(=O)c1ccccc1)c1ccc(CC(=O)[C@H]2NCC[C@H]2C2CCCCC2)cc1F. The summed E-state index contributed by atoms with van der Waals surface area (Å²) in [5, 5.41) is 3.35. The average molecular weight is 472 g/mol. The van der Waals surface area contributed by atoms with Gasteiger partial charge in [-0.3, -0.25) is 9.59 Å². The standard InChI is InChI=1S/C26H30FNO4S/c27-23-15-18(16-24(29)26-21(13-14-28-26)19-7-3-1-4-8-19)11-12-22(23)25(30)17-33(31,32)20-9-5-2-6-10-20/h2,5-6,9-12,15,19,21,26,28H,1,3-4,7-8,13-14,16-17H2/t21-,26-/m0/s1. The van der Waals surface area contributed by atoms with E-state index in [0.717, 1.165) is 13.0 Å². The molecule has 2 fully saturated rings. The maximum Gasteiger partial charge on any atom is 0.185 e. The summed E-state index contributed by atoms with van der Waals surface area (Å²) < 4.78 is 39.6. The molecule has 2 atom stereocenters. The van der Waals surface area contributed by atoms with Crippen molar-refractivity contribution >= 4 is 21.4 Å². The Bertz CT molecular complexity index is 1110. The Hall–Kier alpha value is -2.38. The van der Waals surface area contributed by atoms with Crippen LogP contribution in [0.15, 0.2) is 53.4 Å². The van der Waals surface area contributed by atoms with Crippen LogP contribution in [0.25, 0.3) is 0 Å². The molecule has 2 aromatic rings. The number of halogens is 1. The number of Topliss-reactive ketones (excluding diaryl/α,β-unsaturated/α-hetero) is 2. The van der Waals surface area contributed by atoms with Crippen molar-refractivity contribution in [2.24, 2.45) is 11.8 Å². The molecule has 5 nitrogen and oxygen atoms in total. The van der Waals surface area contributed by atoms with Crippen molar-refractivity contribution in [2.45, 2.75) is 55.9 Å². The number of carbonyl (C=O) groups is 2. The fourth-order valence-electron chi connectivity index (χ4n) is 5.31. The van der Waals surface area contributed by atoms with Gasteiger partial charge in [0.15, 0.2) is 21.4 Å². The molecule has 1 saturated heterocycles. The lowest BCUT2D eigenvalue weighted by Gasteiger charge is -2.30. The van der Waals surface area contributed by atoms with Gasteiger partial charge in [-0.25, -0.2) is 12.8 Å². The Morgan fingerprint density at radius 2 is 1.70 bits per heavy atom. The van der Waals surface area contributed by atoms with Gasteiger partial charge in [0.1, 0.15) is 11.6 Å². The van der Waals surface area contributed by atoms with Crippen LogP contribution >= 0.6 is 0 Å². The Kier molecular flexibility index (Phi) is 7.39. The molecule has 1 heterocycles. The second-order valence-electron chi connectivity index (χ2n) is 9.24. The monoisotopic (exact) mass is 471 g/mol. The summed E-state index contributed by atoms with van der Waals surface area (Å²) in [5.41, 5.74) is 0.223. The fraction of sp³-hybridized carbons (Fsp3) is 0.462. The summed E-state index contributed by atoms with van der Waals surface area (Å²) >= 11 is 0. The van der Waals surface area contributed by atoms with Crippen LogP contribution in [-0.2, 0) is 21.1 Å². The lowest BCUT2D eigenvalue weighted by atomic mass is 9.75. The molecule has 4 rings (SSSR count). The quantitative estimate of drug-likeness (QED) is 0.585. The Morgan fingerprint density at radius 1 is 0.970 bits per heavy atom. The maximum atomic E-state index is 14.7.